The first-order chi connectivity index (χ1) is 9.49. The van der Waals surface area contributed by atoms with E-state index in [1.807, 2.05) is 11.8 Å². The van der Waals surface area contributed by atoms with E-state index in [0.717, 1.165) is 23.3 Å². The highest BCUT2D eigenvalue weighted by molar-refractivity contribution is 9.10. The van der Waals surface area contributed by atoms with Crippen LogP contribution in [0, 0.1) is 0 Å². The SMILES string of the molecule is CCCNc1ncc(Br)c(N(CC)CC(=O)N(C)C)n1. The van der Waals surface area contributed by atoms with Crippen molar-refractivity contribution in [2.24, 2.45) is 0 Å². The van der Waals surface area contributed by atoms with Gasteiger partial charge in [0.25, 0.3) is 0 Å². The zero-order valence-electron chi connectivity index (χ0n) is 12.5. The van der Waals surface area contributed by atoms with Gasteiger partial charge in [-0.1, -0.05) is 6.92 Å². The van der Waals surface area contributed by atoms with E-state index in [9.17, 15) is 4.79 Å². The summed E-state index contributed by atoms with van der Waals surface area (Å²) < 4.78 is 0.785. The monoisotopic (exact) mass is 343 g/mol. The predicted octanol–water partition coefficient (Wildman–Crippen LogP) is 1.98. The Balaban J connectivity index is 2.92. The Labute approximate surface area is 128 Å². The predicted molar refractivity (Wildman–Crippen MR) is 85.1 cm³/mol. The summed E-state index contributed by atoms with van der Waals surface area (Å²) in [6, 6.07) is 0. The fraction of sp³-hybridized carbons (Fsp3) is 0.615. The molecule has 0 saturated carbocycles. The number of hydrogen-bond donors (Lipinski definition) is 1. The lowest BCUT2D eigenvalue weighted by Gasteiger charge is -2.24. The van der Waals surface area contributed by atoms with Crippen LogP contribution in [-0.4, -0.2) is 54.5 Å². The van der Waals surface area contributed by atoms with Gasteiger partial charge in [-0.3, -0.25) is 4.79 Å². The first-order valence-electron chi connectivity index (χ1n) is 6.71. The molecule has 6 nitrogen and oxygen atoms in total. The molecule has 0 aliphatic carbocycles. The summed E-state index contributed by atoms with van der Waals surface area (Å²) in [5, 5.41) is 3.15. The van der Waals surface area contributed by atoms with Gasteiger partial charge in [0.05, 0.1) is 11.0 Å². The number of nitrogens with zero attached hydrogens (tertiary/aromatic N) is 4. The van der Waals surface area contributed by atoms with Crippen molar-refractivity contribution in [3.05, 3.63) is 10.7 Å². The maximum atomic E-state index is 11.9. The molecule has 0 aliphatic heterocycles. The van der Waals surface area contributed by atoms with Gasteiger partial charge in [-0.05, 0) is 29.3 Å². The molecule has 7 heteroatoms. The number of carbonyl (C=O) groups is 1. The second kappa shape index (κ2) is 8.04. The van der Waals surface area contributed by atoms with Crippen molar-refractivity contribution >= 4 is 33.6 Å². The van der Waals surface area contributed by atoms with E-state index in [4.69, 9.17) is 0 Å². The topological polar surface area (TPSA) is 61.4 Å². The van der Waals surface area contributed by atoms with Crippen molar-refractivity contribution in [3.8, 4) is 0 Å². The number of nitrogens with one attached hydrogen (secondary N) is 1. The normalized spacial score (nSPS) is 10.2. The second-order valence-corrected chi connectivity index (χ2v) is 5.45. The van der Waals surface area contributed by atoms with Crippen LogP contribution in [0.5, 0.6) is 0 Å². The summed E-state index contributed by atoms with van der Waals surface area (Å²) in [5.41, 5.74) is 0. The average Bonchev–Trinajstić information content (AvgIpc) is 2.43. The Kier molecular flexibility index (Phi) is 6.70. The van der Waals surface area contributed by atoms with Gasteiger partial charge in [0.2, 0.25) is 11.9 Å². The number of carbonyl (C=O) groups excluding carboxylic acids is 1. The van der Waals surface area contributed by atoms with Crippen molar-refractivity contribution in [1.29, 1.82) is 0 Å². The van der Waals surface area contributed by atoms with Gasteiger partial charge < -0.3 is 15.1 Å². The second-order valence-electron chi connectivity index (χ2n) is 4.59. The number of amides is 1. The van der Waals surface area contributed by atoms with E-state index in [1.54, 1.807) is 25.2 Å². The van der Waals surface area contributed by atoms with Gasteiger partial charge in [0, 0.05) is 33.4 Å². The molecule has 0 saturated heterocycles. The molecule has 0 unspecified atom stereocenters. The number of halogens is 1. The van der Waals surface area contributed by atoms with E-state index in [-0.39, 0.29) is 5.91 Å². The zero-order valence-corrected chi connectivity index (χ0v) is 14.1. The van der Waals surface area contributed by atoms with Crippen LogP contribution in [0.2, 0.25) is 0 Å². The summed E-state index contributed by atoms with van der Waals surface area (Å²) in [6.45, 7) is 5.90. The van der Waals surface area contributed by atoms with Crippen LogP contribution in [0.15, 0.2) is 10.7 Å². The van der Waals surface area contributed by atoms with E-state index >= 15 is 0 Å². The highest BCUT2D eigenvalue weighted by atomic mass is 79.9. The Morgan fingerprint density at radius 3 is 2.65 bits per heavy atom. The Morgan fingerprint density at radius 1 is 1.40 bits per heavy atom. The zero-order chi connectivity index (χ0) is 15.1. The van der Waals surface area contributed by atoms with Crippen molar-refractivity contribution in [2.75, 3.05) is 43.9 Å². The Hall–Kier alpha value is -1.37. The van der Waals surface area contributed by atoms with Gasteiger partial charge in [0.15, 0.2) is 0 Å². The third-order valence-corrected chi connectivity index (χ3v) is 3.32. The molecule has 0 radical (unpaired) electrons. The van der Waals surface area contributed by atoms with E-state index in [1.165, 1.54) is 0 Å². The minimum absolute atomic E-state index is 0.0421. The largest absolute Gasteiger partial charge is 0.354 e. The molecular formula is C13H22BrN5O. The lowest BCUT2D eigenvalue weighted by atomic mass is 10.4. The fourth-order valence-corrected chi connectivity index (χ4v) is 1.98. The van der Waals surface area contributed by atoms with Crippen LogP contribution < -0.4 is 10.2 Å². The van der Waals surface area contributed by atoms with E-state index in [0.29, 0.717) is 19.0 Å². The maximum Gasteiger partial charge on any atom is 0.241 e. The van der Waals surface area contributed by atoms with Crippen LogP contribution >= 0.6 is 15.9 Å². The lowest BCUT2D eigenvalue weighted by molar-refractivity contribution is -0.127. The summed E-state index contributed by atoms with van der Waals surface area (Å²) in [5.74, 6) is 1.36. The molecule has 1 amide bonds. The van der Waals surface area contributed by atoms with Crippen LogP contribution in [0.4, 0.5) is 11.8 Å². The molecule has 112 valence electrons. The quantitative estimate of drug-likeness (QED) is 0.820. The van der Waals surface area contributed by atoms with Gasteiger partial charge >= 0.3 is 0 Å². The highest BCUT2D eigenvalue weighted by Gasteiger charge is 2.16. The lowest BCUT2D eigenvalue weighted by Crippen LogP contribution is -2.37. The molecule has 1 aromatic heterocycles. The molecule has 0 atom stereocenters. The van der Waals surface area contributed by atoms with Crippen LogP contribution in [0.3, 0.4) is 0 Å². The average molecular weight is 344 g/mol. The van der Waals surface area contributed by atoms with Crippen molar-refractivity contribution in [1.82, 2.24) is 14.9 Å². The Bertz CT molecular complexity index is 452. The van der Waals surface area contributed by atoms with Gasteiger partial charge in [-0.15, -0.1) is 0 Å². The molecule has 1 N–H and O–H groups in total. The van der Waals surface area contributed by atoms with Crippen LogP contribution in [0.25, 0.3) is 0 Å². The summed E-state index contributed by atoms with van der Waals surface area (Å²) in [6.07, 6.45) is 2.72. The molecule has 0 bridgehead atoms. The number of aromatic nitrogens is 2. The van der Waals surface area contributed by atoms with Crippen molar-refractivity contribution in [3.63, 3.8) is 0 Å². The van der Waals surface area contributed by atoms with E-state index in [2.05, 4.69) is 38.1 Å². The van der Waals surface area contributed by atoms with Gasteiger partial charge in [-0.25, -0.2) is 4.98 Å². The summed E-state index contributed by atoms with van der Waals surface area (Å²) in [7, 11) is 3.50. The van der Waals surface area contributed by atoms with Crippen LogP contribution in [-0.2, 0) is 4.79 Å². The minimum atomic E-state index is 0.0421. The molecule has 20 heavy (non-hydrogen) atoms. The summed E-state index contributed by atoms with van der Waals surface area (Å²) in [4.78, 5) is 24.1. The molecule has 1 heterocycles. The van der Waals surface area contributed by atoms with Gasteiger partial charge in [0.1, 0.15) is 5.82 Å². The summed E-state index contributed by atoms with van der Waals surface area (Å²) >= 11 is 3.45. The van der Waals surface area contributed by atoms with Crippen molar-refractivity contribution in [2.45, 2.75) is 20.3 Å². The third kappa shape index (κ3) is 4.63. The fourth-order valence-electron chi connectivity index (χ4n) is 1.54. The van der Waals surface area contributed by atoms with E-state index < -0.39 is 0 Å². The molecule has 0 aromatic carbocycles. The van der Waals surface area contributed by atoms with Crippen molar-refractivity contribution < 1.29 is 4.79 Å². The minimum Gasteiger partial charge on any atom is -0.354 e. The smallest absolute Gasteiger partial charge is 0.241 e. The molecule has 0 fully saturated rings. The number of likely N-dealkylation sites (N-methyl/N-ethyl adjacent to an activating group) is 2. The third-order valence-electron chi connectivity index (χ3n) is 2.76. The maximum absolute atomic E-state index is 11.9. The molecule has 0 spiro atoms. The molecule has 1 aromatic rings. The number of rotatable bonds is 7. The molecule has 1 rings (SSSR count). The first kappa shape index (κ1) is 16.7. The number of anilines is 2. The molecule has 0 aliphatic rings. The first-order valence-corrected chi connectivity index (χ1v) is 7.50. The Morgan fingerprint density at radius 2 is 2.10 bits per heavy atom. The number of hydrogen-bond acceptors (Lipinski definition) is 5. The molecular weight excluding hydrogens is 322 g/mol. The van der Waals surface area contributed by atoms with Gasteiger partial charge in [-0.2, -0.15) is 4.98 Å². The van der Waals surface area contributed by atoms with Crippen LogP contribution in [0.1, 0.15) is 20.3 Å². The highest BCUT2D eigenvalue weighted by Crippen LogP contribution is 2.24. The standard InChI is InChI=1S/C13H22BrN5O/c1-5-7-15-13-16-8-10(14)12(17-13)19(6-2)9-11(20)18(3)4/h8H,5-7,9H2,1-4H3,(H,15,16,17).